The highest BCUT2D eigenvalue weighted by molar-refractivity contribution is 7.89. The van der Waals surface area contributed by atoms with Crippen molar-refractivity contribution in [3.63, 3.8) is 0 Å². The van der Waals surface area contributed by atoms with E-state index in [1.807, 2.05) is 16.8 Å². The second-order valence-corrected chi connectivity index (χ2v) is 10.8. The number of hydrogen-bond donors (Lipinski definition) is 1. The molecule has 1 saturated heterocycles. The molecule has 1 aliphatic rings. The van der Waals surface area contributed by atoms with Crippen molar-refractivity contribution >= 4 is 31.5 Å². The zero-order valence-corrected chi connectivity index (χ0v) is 17.9. The Bertz CT molecular complexity index is 1030. The summed E-state index contributed by atoms with van der Waals surface area (Å²) in [6.45, 7) is 7.96. The topological polar surface area (TPSA) is 79.6 Å². The average Bonchev–Trinajstić information content (AvgIpc) is 3.22. The fourth-order valence-electron chi connectivity index (χ4n) is 3.25. The Hall–Kier alpha value is -1.97. The third-order valence-corrected chi connectivity index (χ3v) is 7.46. The van der Waals surface area contributed by atoms with E-state index in [1.54, 1.807) is 35.6 Å². The molecule has 150 valence electrons. The second-order valence-electron chi connectivity index (χ2n) is 8.18. The van der Waals surface area contributed by atoms with Gasteiger partial charge in [0.25, 0.3) is 0 Å². The third kappa shape index (κ3) is 3.92. The van der Waals surface area contributed by atoms with Crippen LogP contribution in [0.1, 0.15) is 39.3 Å². The lowest BCUT2D eigenvalue weighted by Crippen LogP contribution is -2.44. The summed E-state index contributed by atoms with van der Waals surface area (Å²) in [6, 6.07) is 8.47. The van der Waals surface area contributed by atoms with E-state index in [-0.39, 0.29) is 11.5 Å². The van der Waals surface area contributed by atoms with Crippen LogP contribution in [0.4, 0.5) is 5.13 Å². The number of imidazole rings is 1. The summed E-state index contributed by atoms with van der Waals surface area (Å²) in [7, 11) is -3.47. The number of nitrogens with one attached hydrogen (secondary N) is 1. The number of anilines is 1. The molecule has 3 heterocycles. The predicted molar refractivity (Wildman–Crippen MR) is 112 cm³/mol. The van der Waals surface area contributed by atoms with Crippen LogP contribution in [0.25, 0.3) is 4.96 Å². The number of sulfonamides is 1. The summed E-state index contributed by atoms with van der Waals surface area (Å²) in [5.41, 5.74) is 1.04. The van der Waals surface area contributed by atoms with Crippen LogP contribution in [0, 0.1) is 0 Å². The van der Waals surface area contributed by atoms with Gasteiger partial charge in [0.05, 0.1) is 16.8 Å². The molecule has 0 bridgehead atoms. The molecular formula is C19H25N5O2S2. The van der Waals surface area contributed by atoms with Crippen LogP contribution in [-0.4, -0.2) is 42.1 Å². The lowest BCUT2D eigenvalue weighted by molar-refractivity contribution is 0.459. The molecule has 0 unspecified atom stereocenters. The monoisotopic (exact) mass is 419 g/mol. The first kappa shape index (κ1) is 19.4. The van der Waals surface area contributed by atoms with Crippen LogP contribution in [0.15, 0.2) is 41.4 Å². The highest BCUT2D eigenvalue weighted by Gasteiger charge is 2.27. The number of aromatic nitrogens is 3. The summed E-state index contributed by atoms with van der Waals surface area (Å²) in [5.74, 6) is 0. The molecule has 4 rings (SSSR count). The van der Waals surface area contributed by atoms with Crippen molar-refractivity contribution in [3.8, 4) is 0 Å². The van der Waals surface area contributed by atoms with E-state index in [4.69, 9.17) is 4.98 Å². The van der Waals surface area contributed by atoms with Gasteiger partial charge in [0.15, 0.2) is 0 Å². The van der Waals surface area contributed by atoms with Gasteiger partial charge in [-0.3, -0.25) is 0 Å². The van der Waals surface area contributed by atoms with Gasteiger partial charge in [-0.1, -0.05) is 50.3 Å². The standard InChI is InChI=1S/C19H25N5O2S2/c1-19(2,3)16-13-24-17(20-16)27-18(21-24)23-11-9-14(10-12-23)22-28(25,26)15-7-5-4-6-8-15/h4-8,13-14,22H,9-12H2,1-3H3. The Balaban J connectivity index is 1.40. The van der Waals surface area contributed by atoms with E-state index >= 15 is 0 Å². The number of piperidine rings is 1. The van der Waals surface area contributed by atoms with E-state index in [2.05, 4.69) is 35.5 Å². The smallest absolute Gasteiger partial charge is 0.240 e. The van der Waals surface area contributed by atoms with Gasteiger partial charge in [-0.25, -0.2) is 22.6 Å². The molecule has 0 radical (unpaired) electrons. The molecule has 1 aliphatic heterocycles. The molecule has 1 aromatic carbocycles. The average molecular weight is 420 g/mol. The quantitative estimate of drug-likeness (QED) is 0.703. The molecule has 1 fully saturated rings. The predicted octanol–water partition coefficient (Wildman–Crippen LogP) is 3.04. The lowest BCUT2D eigenvalue weighted by atomic mass is 9.93. The Morgan fingerprint density at radius 3 is 2.43 bits per heavy atom. The number of fused-ring (bicyclic) bond motifs is 1. The van der Waals surface area contributed by atoms with Crippen molar-refractivity contribution in [3.05, 3.63) is 42.2 Å². The maximum atomic E-state index is 12.5. The summed E-state index contributed by atoms with van der Waals surface area (Å²) in [4.78, 5) is 8.12. The first-order valence-electron chi connectivity index (χ1n) is 9.41. The minimum atomic E-state index is -3.47. The van der Waals surface area contributed by atoms with Crippen molar-refractivity contribution < 1.29 is 8.42 Å². The lowest BCUT2D eigenvalue weighted by Gasteiger charge is -2.31. The zero-order chi connectivity index (χ0) is 19.9. The normalized spacial score (nSPS) is 16.8. The summed E-state index contributed by atoms with van der Waals surface area (Å²) >= 11 is 1.58. The first-order valence-corrected chi connectivity index (χ1v) is 11.7. The van der Waals surface area contributed by atoms with Crippen molar-refractivity contribution in [1.82, 2.24) is 19.3 Å². The molecule has 1 N–H and O–H groups in total. The van der Waals surface area contributed by atoms with Crippen molar-refractivity contribution in [2.45, 2.75) is 50.0 Å². The summed E-state index contributed by atoms with van der Waals surface area (Å²) < 4.78 is 29.7. The minimum Gasteiger partial charge on any atom is -0.347 e. The fourth-order valence-corrected chi connectivity index (χ4v) is 5.52. The molecule has 7 nitrogen and oxygen atoms in total. The number of nitrogens with zero attached hydrogens (tertiary/aromatic N) is 4. The van der Waals surface area contributed by atoms with Gasteiger partial charge < -0.3 is 4.90 Å². The summed E-state index contributed by atoms with van der Waals surface area (Å²) in [5, 5.41) is 5.62. The van der Waals surface area contributed by atoms with Gasteiger partial charge in [0, 0.05) is 24.5 Å². The maximum absolute atomic E-state index is 12.5. The van der Waals surface area contributed by atoms with Gasteiger partial charge >= 0.3 is 0 Å². The van der Waals surface area contributed by atoms with Crippen LogP contribution in [0.3, 0.4) is 0 Å². The molecule has 28 heavy (non-hydrogen) atoms. The second kappa shape index (κ2) is 7.13. The van der Waals surface area contributed by atoms with Crippen molar-refractivity contribution in [2.24, 2.45) is 0 Å². The number of rotatable bonds is 4. The van der Waals surface area contributed by atoms with E-state index in [0.717, 1.165) is 41.7 Å². The van der Waals surface area contributed by atoms with Crippen LogP contribution in [0.2, 0.25) is 0 Å². The molecule has 2 aromatic heterocycles. The highest BCUT2D eigenvalue weighted by atomic mass is 32.2. The molecule has 0 atom stereocenters. The van der Waals surface area contributed by atoms with Gasteiger partial charge in [-0.15, -0.1) is 5.10 Å². The van der Waals surface area contributed by atoms with E-state index < -0.39 is 10.0 Å². The molecule has 3 aromatic rings. The van der Waals surface area contributed by atoms with Crippen molar-refractivity contribution in [2.75, 3.05) is 18.0 Å². The largest absolute Gasteiger partial charge is 0.347 e. The Kier molecular flexibility index (Phi) is 4.93. The molecule has 0 saturated carbocycles. The Morgan fingerprint density at radius 1 is 1.14 bits per heavy atom. The SMILES string of the molecule is CC(C)(C)c1cn2nc(N3CCC(NS(=O)(=O)c4ccccc4)CC3)sc2n1. The van der Waals surface area contributed by atoms with Gasteiger partial charge in [-0.2, -0.15) is 0 Å². The van der Waals surface area contributed by atoms with E-state index in [0.29, 0.717) is 4.90 Å². The van der Waals surface area contributed by atoms with Crippen LogP contribution < -0.4 is 9.62 Å². The van der Waals surface area contributed by atoms with Gasteiger partial charge in [0.1, 0.15) is 0 Å². The maximum Gasteiger partial charge on any atom is 0.240 e. The van der Waals surface area contributed by atoms with Crippen LogP contribution in [0.5, 0.6) is 0 Å². The van der Waals surface area contributed by atoms with Crippen molar-refractivity contribution in [1.29, 1.82) is 0 Å². The minimum absolute atomic E-state index is 0.00183. The van der Waals surface area contributed by atoms with Crippen LogP contribution >= 0.6 is 11.3 Å². The zero-order valence-electron chi connectivity index (χ0n) is 16.3. The number of hydrogen-bond acceptors (Lipinski definition) is 6. The van der Waals surface area contributed by atoms with Gasteiger partial charge in [0.2, 0.25) is 20.1 Å². The molecule has 9 heteroatoms. The van der Waals surface area contributed by atoms with E-state index in [1.165, 1.54) is 0 Å². The van der Waals surface area contributed by atoms with Gasteiger partial charge in [-0.05, 0) is 25.0 Å². The van der Waals surface area contributed by atoms with E-state index in [9.17, 15) is 8.42 Å². The third-order valence-electron chi connectivity index (χ3n) is 4.94. The first-order chi connectivity index (χ1) is 13.2. The molecule has 0 spiro atoms. The molecular weight excluding hydrogens is 394 g/mol. The Labute approximate surface area is 169 Å². The fraction of sp³-hybridized carbons (Fsp3) is 0.474. The molecule has 0 amide bonds. The Morgan fingerprint density at radius 2 is 1.82 bits per heavy atom. The van der Waals surface area contributed by atoms with Crippen LogP contribution in [-0.2, 0) is 15.4 Å². The highest BCUT2D eigenvalue weighted by Crippen LogP contribution is 2.29. The molecule has 0 aliphatic carbocycles. The summed E-state index contributed by atoms with van der Waals surface area (Å²) in [6.07, 6.45) is 3.50. The number of benzene rings is 1.